The van der Waals surface area contributed by atoms with Crippen LogP contribution in [-0.2, 0) is 0 Å². The first-order valence-electron chi connectivity index (χ1n) is 7.71. The quantitative estimate of drug-likeness (QED) is 0.732. The fraction of sp³-hybridized carbons (Fsp3) is 0.421. The lowest BCUT2D eigenvalue weighted by molar-refractivity contribution is 0.391. The fourth-order valence-electron chi connectivity index (χ4n) is 3.28. The van der Waals surface area contributed by atoms with Gasteiger partial charge in [-0.2, -0.15) is 0 Å². The van der Waals surface area contributed by atoms with E-state index in [1.807, 2.05) is 6.20 Å². The lowest BCUT2D eigenvalue weighted by Crippen LogP contribution is -2.13. The van der Waals surface area contributed by atoms with Crippen molar-refractivity contribution in [3.63, 3.8) is 0 Å². The molecule has 0 bridgehead atoms. The van der Waals surface area contributed by atoms with Gasteiger partial charge in [0, 0.05) is 17.8 Å². The zero-order chi connectivity index (χ0) is 13.9. The van der Waals surface area contributed by atoms with Crippen LogP contribution in [0.2, 0.25) is 0 Å². The molecule has 0 radical (unpaired) electrons. The summed E-state index contributed by atoms with van der Waals surface area (Å²) in [5.74, 6) is 1.41. The number of benzene rings is 1. The van der Waals surface area contributed by atoms with E-state index in [-0.39, 0.29) is 0 Å². The van der Waals surface area contributed by atoms with Gasteiger partial charge in [-0.3, -0.25) is 4.98 Å². The van der Waals surface area contributed by atoms with Crippen LogP contribution in [0, 0.1) is 13.8 Å². The van der Waals surface area contributed by atoms with E-state index in [2.05, 4.69) is 55.2 Å². The molecule has 1 saturated carbocycles. The Morgan fingerprint density at radius 2 is 1.35 bits per heavy atom. The summed E-state index contributed by atoms with van der Waals surface area (Å²) >= 11 is 0. The van der Waals surface area contributed by atoms with Crippen molar-refractivity contribution in [1.82, 2.24) is 4.98 Å². The van der Waals surface area contributed by atoms with E-state index in [0.29, 0.717) is 5.92 Å². The van der Waals surface area contributed by atoms with Crippen LogP contribution in [0.4, 0.5) is 0 Å². The van der Waals surface area contributed by atoms with E-state index in [9.17, 15) is 0 Å². The smallest absolute Gasteiger partial charge is 0.0434 e. The molecule has 0 saturated heterocycles. The lowest BCUT2D eigenvalue weighted by Gasteiger charge is -2.28. The lowest BCUT2D eigenvalue weighted by atomic mass is 9.77. The molecule has 1 aromatic carbocycles. The molecule has 0 aliphatic heterocycles. The van der Waals surface area contributed by atoms with Crippen LogP contribution in [0.15, 0.2) is 42.6 Å². The Morgan fingerprint density at radius 1 is 0.750 bits per heavy atom. The van der Waals surface area contributed by atoms with Crippen molar-refractivity contribution in [2.24, 2.45) is 0 Å². The molecule has 1 fully saturated rings. The minimum absolute atomic E-state index is 0.664. The monoisotopic (exact) mass is 265 g/mol. The van der Waals surface area contributed by atoms with Crippen LogP contribution in [-0.4, -0.2) is 4.98 Å². The summed E-state index contributed by atoms with van der Waals surface area (Å²) in [5.41, 5.74) is 5.41. The van der Waals surface area contributed by atoms with E-state index in [1.54, 1.807) is 0 Å². The second-order valence-corrected chi connectivity index (χ2v) is 6.22. The number of hydrogen-bond acceptors (Lipinski definition) is 1. The van der Waals surface area contributed by atoms with Crippen LogP contribution in [0.1, 0.15) is 59.9 Å². The van der Waals surface area contributed by atoms with Gasteiger partial charge >= 0.3 is 0 Å². The first-order chi connectivity index (χ1) is 9.72. The third-order valence-corrected chi connectivity index (χ3v) is 4.63. The molecule has 1 heterocycles. The summed E-state index contributed by atoms with van der Waals surface area (Å²) in [7, 11) is 0. The van der Waals surface area contributed by atoms with Gasteiger partial charge in [0.15, 0.2) is 0 Å². The molecule has 2 aromatic rings. The molecule has 1 nitrogen and oxygen atoms in total. The molecule has 1 aliphatic carbocycles. The predicted molar refractivity (Wildman–Crippen MR) is 84.1 cm³/mol. The summed E-state index contributed by atoms with van der Waals surface area (Å²) < 4.78 is 0. The molecule has 1 aliphatic rings. The minimum Gasteiger partial charge on any atom is -0.261 e. The Labute approximate surface area is 122 Å². The van der Waals surface area contributed by atoms with Gasteiger partial charge in [0.1, 0.15) is 0 Å². The van der Waals surface area contributed by atoms with Crippen molar-refractivity contribution in [3.8, 4) is 0 Å². The second kappa shape index (κ2) is 5.78. The van der Waals surface area contributed by atoms with Gasteiger partial charge in [-0.25, -0.2) is 0 Å². The first kappa shape index (κ1) is 13.4. The molecule has 0 unspecified atom stereocenters. The molecule has 0 spiro atoms. The van der Waals surface area contributed by atoms with E-state index < -0.39 is 0 Å². The summed E-state index contributed by atoms with van der Waals surface area (Å²) in [6.07, 6.45) is 7.14. The average Bonchev–Trinajstić information content (AvgIpc) is 2.49. The number of nitrogens with zero attached hydrogens (tertiary/aromatic N) is 1. The van der Waals surface area contributed by atoms with Crippen molar-refractivity contribution in [2.45, 2.75) is 51.4 Å². The summed E-state index contributed by atoms with van der Waals surface area (Å²) in [6.45, 7) is 4.26. The van der Waals surface area contributed by atoms with Gasteiger partial charge in [-0.05, 0) is 62.6 Å². The highest BCUT2D eigenvalue weighted by Crippen LogP contribution is 2.39. The van der Waals surface area contributed by atoms with Crippen LogP contribution < -0.4 is 0 Å². The van der Waals surface area contributed by atoms with Gasteiger partial charge in [0.2, 0.25) is 0 Å². The standard InChI is InChI=1S/C19H23N/c1-14-3-6-16(7-4-14)17-8-10-18(11-9-17)19-12-5-15(2)13-20-19/h3-7,12-13,17-18H,8-11H2,1-2H3. The van der Waals surface area contributed by atoms with Crippen LogP contribution in [0.3, 0.4) is 0 Å². The zero-order valence-electron chi connectivity index (χ0n) is 12.5. The van der Waals surface area contributed by atoms with Crippen molar-refractivity contribution in [3.05, 3.63) is 65.0 Å². The minimum atomic E-state index is 0.664. The summed E-state index contributed by atoms with van der Waals surface area (Å²) in [5, 5.41) is 0. The fourth-order valence-corrected chi connectivity index (χ4v) is 3.28. The van der Waals surface area contributed by atoms with Crippen molar-refractivity contribution in [2.75, 3.05) is 0 Å². The number of pyridine rings is 1. The predicted octanol–water partition coefficient (Wildman–Crippen LogP) is 5.14. The molecular weight excluding hydrogens is 242 g/mol. The van der Waals surface area contributed by atoms with E-state index >= 15 is 0 Å². The number of rotatable bonds is 2. The average molecular weight is 265 g/mol. The summed E-state index contributed by atoms with van der Waals surface area (Å²) in [4.78, 5) is 4.61. The van der Waals surface area contributed by atoms with E-state index in [0.717, 1.165) is 5.92 Å². The van der Waals surface area contributed by atoms with Crippen molar-refractivity contribution in [1.29, 1.82) is 0 Å². The molecule has 0 atom stereocenters. The largest absolute Gasteiger partial charge is 0.261 e. The molecule has 1 aromatic heterocycles. The molecular formula is C19H23N. The van der Waals surface area contributed by atoms with E-state index in [1.165, 1.54) is 48.1 Å². The zero-order valence-corrected chi connectivity index (χ0v) is 12.5. The highest BCUT2D eigenvalue weighted by Gasteiger charge is 2.23. The van der Waals surface area contributed by atoms with Gasteiger partial charge in [-0.1, -0.05) is 35.9 Å². The normalized spacial score (nSPS) is 22.7. The Bertz CT molecular complexity index is 492. The van der Waals surface area contributed by atoms with Crippen molar-refractivity contribution < 1.29 is 0 Å². The Balaban J connectivity index is 1.64. The van der Waals surface area contributed by atoms with Crippen LogP contribution >= 0.6 is 0 Å². The SMILES string of the molecule is Cc1ccc(C2CCC(c3ccc(C)cn3)CC2)cc1. The first-order valence-corrected chi connectivity index (χ1v) is 7.71. The molecule has 20 heavy (non-hydrogen) atoms. The van der Waals surface area contributed by atoms with Gasteiger partial charge < -0.3 is 0 Å². The highest BCUT2D eigenvalue weighted by atomic mass is 14.7. The highest BCUT2D eigenvalue weighted by molar-refractivity contribution is 5.25. The molecule has 1 heteroatoms. The number of aryl methyl sites for hydroxylation is 2. The maximum Gasteiger partial charge on any atom is 0.0434 e. The molecule has 0 amide bonds. The van der Waals surface area contributed by atoms with Gasteiger partial charge in [0.05, 0.1) is 0 Å². The molecule has 0 N–H and O–H groups in total. The van der Waals surface area contributed by atoms with Gasteiger partial charge in [0.25, 0.3) is 0 Å². The number of hydrogen-bond donors (Lipinski definition) is 0. The van der Waals surface area contributed by atoms with Crippen LogP contribution in [0.25, 0.3) is 0 Å². The third-order valence-electron chi connectivity index (χ3n) is 4.63. The van der Waals surface area contributed by atoms with Crippen LogP contribution in [0.5, 0.6) is 0 Å². The Morgan fingerprint density at radius 3 is 1.95 bits per heavy atom. The summed E-state index contributed by atoms with van der Waals surface area (Å²) in [6, 6.07) is 13.5. The number of aromatic nitrogens is 1. The third kappa shape index (κ3) is 2.92. The second-order valence-electron chi connectivity index (χ2n) is 6.22. The Hall–Kier alpha value is -1.63. The topological polar surface area (TPSA) is 12.9 Å². The maximum atomic E-state index is 4.61. The van der Waals surface area contributed by atoms with Gasteiger partial charge in [-0.15, -0.1) is 0 Å². The molecule has 3 rings (SSSR count). The Kier molecular flexibility index (Phi) is 3.86. The van der Waals surface area contributed by atoms with Crippen molar-refractivity contribution >= 4 is 0 Å². The maximum absolute atomic E-state index is 4.61. The molecule has 104 valence electrons. The van der Waals surface area contributed by atoms with E-state index in [4.69, 9.17) is 0 Å².